The summed E-state index contributed by atoms with van der Waals surface area (Å²) in [5.74, 6) is 0.490. The Balaban J connectivity index is 1.49. The Morgan fingerprint density at radius 2 is 2.20 bits per heavy atom. The lowest BCUT2D eigenvalue weighted by molar-refractivity contribution is -0.131. The molecule has 2 aromatic heterocycles. The highest BCUT2D eigenvalue weighted by Gasteiger charge is 2.27. The molecular weight excluding hydrogens is 316 g/mol. The van der Waals surface area contributed by atoms with Crippen molar-refractivity contribution in [3.63, 3.8) is 0 Å². The molecule has 1 saturated heterocycles. The molecular formula is C19H24N4O2. The summed E-state index contributed by atoms with van der Waals surface area (Å²) in [6.45, 7) is 3.46. The SMILES string of the molecule is CN(Cc1cccnc1)C[C@@H]1CCN(C(=O)Cn2ccccc2=O)C1. The first-order valence-corrected chi connectivity index (χ1v) is 8.62. The van der Waals surface area contributed by atoms with Crippen LogP contribution >= 0.6 is 0 Å². The van der Waals surface area contributed by atoms with Crippen LogP contribution in [0.1, 0.15) is 12.0 Å². The number of carbonyl (C=O) groups excluding carboxylic acids is 1. The highest BCUT2D eigenvalue weighted by Crippen LogP contribution is 2.18. The predicted octanol–water partition coefficient (Wildman–Crippen LogP) is 1.22. The number of hydrogen-bond donors (Lipinski definition) is 0. The van der Waals surface area contributed by atoms with Crippen LogP contribution in [0.2, 0.25) is 0 Å². The van der Waals surface area contributed by atoms with E-state index in [1.54, 1.807) is 24.5 Å². The van der Waals surface area contributed by atoms with Crippen molar-refractivity contribution < 1.29 is 4.79 Å². The van der Waals surface area contributed by atoms with Crippen molar-refractivity contribution in [1.82, 2.24) is 19.4 Å². The molecule has 3 rings (SSSR count). The number of nitrogens with zero attached hydrogens (tertiary/aromatic N) is 4. The zero-order valence-corrected chi connectivity index (χ0v) is 14.5. The average molecular weight is 340 g/mol. The maximum Gasteiger partial charge on any atom is 0.250 e. The first-order valence-electron chi connectivity index (χ1n) is 8.62. The number of hydrogen-bond acceptors (Lipinski definition) is 4. The lowest BCUT2D eigenvalue weighted by Crippen LogP contribution is -2.35. The van der Waals surface area contributed by atoms with Crippen molar-refractivity contribution in [3.8, 4) is 0 Å². The van der Waals surface area contributed by atoms with Crippen LogP contribution in [0, 0.1) is 5.92 Å². The maximum atomic E-state index is 12.4. The molecule has 0 aliphatic carbocycles. The van der Waals surface area contributed by atoms with Gasteiger partial charge in [0.15, 0.2) is 0 Å². The van der Waals surface area contributed by atoms with Crippen LogP contribution in [0.3, 0.4) is 0 Å². The minimum atomic E-state index is -0.136. The summed E-state index contributed by atoms with van der Waals surface area (Å²) in [5, 5.41) is 0. The molecule has 2 aromatic rings. The van der Waals surface area contributed by atoms with E-state index in [-0.39, 0.29) is 18.0 Å². The van der Waals surface area contributed by atoms with Crippen LogP contribution in [-0.4, -0.2) is 51.9 Å². The van der Waals surface area contributed by atoms with Crippen LogP contribution in [0.5, 0.6) is 0 Å². The van der Waals surface area contributed by atoms with Gasteiger partial charge in [0.05, 0.1) is 0 Å². The molecule has 6 nitrogen and oxygen atoms in total. The van der Waals surface area contributed by atoms with Crippen LogP contribution in [-0.2, 0) is 17.9 Å². The first-order chi connectivity index (χ1) is 12.1. The molecule has 3 heterocycles. The molecule has 6 heteroatoms. The molecule has 25 heavy (non-hydrogen) atoms. The Kier molecular flexibility index (Phi) is 5.60. The summed E-state index contributed by atoms with van der Waals surface area (Å²) in [4.78, 5) is 32.5. The Labute approximate surface area is 147 Å². The van der Waals surface area contributed by atoms with E-state index in [1.807, 2.05) is 17.2 Å². The molecule has 1 aliphatic heterocycles. The second-order valence-corrected chi connectivity index (χ2v) is 6.72. The van der Waals surface area contributed by atoms with Crippen molar-refractivity contribution in [2.45, 2.75) is 19.5 Å². The van der Waals surface area contributed by atoms with Gasteiger partial charge in [-0.25, -0.2) is 0 Å². The van der Waals surface area contributed by atoms with Gasteiger partial charge in [-0.1, -0.05) is 12.1 Å². The van der Waals surface area contributed by atoms with E-state index in [4.69, 9.17) is 0 Å². The van der Waals surface area contributed by atoms with E-state index in [1.165, 1.54) is 16.2 Å². The molecule has 1 amide bonds. The Morgan fingerprint density at radius 1 is 1.32 bits per heavy atom. The fourth-order valence-corrected chi connectivity index (χ4v) is 3.35. The van der Waals surface area contributed by atoms with Gasteiger partial charge in [0.25, 0.3) is 5.56 Å². The van der Waals surface area contributed by atoms with Gasteiger partial charge in [0, 0.05) is 50.8 Å². The second kappa shape index (κ2) is 8.07. The van der Waals surface area contributed by atoms with E-state index >= 15 is 0 Å². The molecule has 1 aliphatic rings. The van der Waals surface area contributed by atoms with Gasteiger partial charge < -0.3 is 14.4 Å². The third-order valence-corrected chi connectivity index (χ3v) is 4.59. The average Bonchev–Trinajstić information content (AvgIpc) is 3.06. The number of pyridine rings is 2. The number of rotatable bonds is 6. The summed E-state index contributed by atoms with van der Waals surface area (Å²) in [6, 6.07) is 8.96. The van der Waals surface area contributed by atoms with E-state index in [0.29, 0.717) is 5.92 Å². The van der Waals surface area contributed by atoms with Gasteiger partial charge in [0.1, 0.15) is 6.54 Å². The Hall–Kier alpha value is -2.47. The zero-order valence-electron chi connectivity index (χ0n) is 14.5. The van der Waals surface area contributed by atoms with Crippen molar-refractivity contribution in [3.05, 3.63) is 64.8 Å². The van der Waals surface area contributed by atoms with Crippen LogP contribution < -0.4 is 5.56 Å². The van der Waals surface area contributed by atoms with Gasteiger partial charge in [-0.2, -0.15) is 0 Å². The predicted molar refractivity (Wildman–Crippen MR) is 96.0 cm³/mol. The molecule has 0 radical (unpaired) electrons. The fraction of sp³-hybridized carbons (Fsp3) is 0.421. The first kappa shape index (κ1) is 17.4. The molecule has 1 fully saturated rings. The largest absolute Gasteiger partial charge is 0.341 e. The van der Waals surface area contributed by atoms with E-state index < -0.39 is 0 Å². The molecule has 0 bridgehead atoms. The number of amides is 1. The molecule has 0 aromatic carbocycles. The highest BCUT2D eigenvalue weighted by molar-refractivity contribution is 5.76. The third-order valence-electron chi connectivity index (χ3n) is 4.59. The standard InChI is InChI=1S/C19H24N4O2/c1-21(12-16-5-4-8-20-11-16)13-17-7-10-23(14-17)19(25)15-22-9-3-2-6-18(22)24/h2-6,8-9,11,17H,7,10,12-15H2,1H3/t17-/m0/s1. The van der Waals surface area contributed by atoms with Crippen molar-refractivity contribution >= 4 is 5.91 Å². The van der Waals surface area contributed by atoms with Crippen LogP contribution in [0.15, 0.2) is 53.7 Å². The smallest absolute Gasteiger partial charge is 0.250 e. The van der Waals surface area contributed by atoms with Crippen LogP contribution in [0.4, 0.5) is 0 Å². The van der Waals surface area contributed by atoms with Crippen molar-refractivity contribution in [1.29, 1.82) is 0 Å². The quantitative estimate of drug-likeness (QED) is 0.793. The van der Waals surface area contributed by atoms with Crippen molar-refractivity contribution in [2.24, 2.45) is 5.92 Å². The topological polar surface area (TPSA) is 58.4 Å². The Bertz CT molecular complexity index is 759. The van der Waals surface area contributed by atoms with E-state index in [2.05, 4.69) is 23.0 Å². The van der Waals surface area contributed by atoms with E-state index in [9.17, 15) is 9.59 Å². The highest BCUT2D eigenvalue weighted by atomic mass is 16.2. The zero-order chi connectivity index (χ0) is 17.6. The van der Waals surface area contributed by atoms with E-state index in [0.717, 1.165) is 32.6 Å². The number of carbonyl (C=O) groups is 1. The summed E-state index contributed by atoms with van der Waals surface area (Å²) < 4.78 is 1.46. The molecule has 0 saturated carbocycles. The normalized spacial score (nSPS) is 17.2. The van der Waals surface area contributed by atoms with Crippen molar-refractivity contribution in [2.75, 3.05) is 26.7 Å². The Morgan fingerprint density at radius 3 is 2.96 bits per heavy atom. The van der Waals surface area contributed by atoms with Gasteiger partial charge >= 0.3 is 0 Å². The maximum absolute atomic E-state index is 12.4. The third kappa shape index (κ3) is 4.76. The number of aromatic nitrogens is 2. The second-order valence-electron chi connectivity index (χ2n) is 6.72. The summed E-state index contributed by atoms with van der Waals surface area (Å²) in [7, 11) is 2.10. The van der Waals surface area contributed by atoms with Gasteiger partial charge in [-0.3, -0.25) is 14.6 Å². The van der Waals surface area contributed by atoms with Gasteiger partial charge in [0.2, 0.25) is 5.91 Å². The molecule has 0 spiro atoms. The lowest BCUT2D eigenvalue weighted by atomic mass is 10.1. The lowest BCUT2D eigenvalue weighted by Gasteiger charge is -2.21. The van der Waals surface area contributed by atoms with Gasteiger partial charge in [-0.05, 0) is 37.1 Å². The molecule has 132 valence electrons. The monoisotopic (exact) mass is 340 g/mol. The summed E-state index contributed by atoms with van der Waals surface area (Å²) in [6.07, 6.45) is 6.34. The molecule has 0 unspecified atom stereocenters. The fourth-order valence-electron chi connectivity index (χ4n) is 3.35. The van der Waals surface area contributed by atoms with Crippen LogP contribution in [0.25, 0.3) is 0 Å². The number of likely N-dealkylation sites (tertiary alicyclic amines) is 1. The minimum absolute atomic E-state index is 0.0192. The summed E-state index contributed by atoms with van der Waals surface area (Å²) in [5.41, 5.74) is 1.06. The molecule has 1 atom stereocenters. The summed E-state index contributed by atoms with van der Waals surface area (Å²) >= 11 is 0. The molecule has 0 N–H and O–H groups in total. The van der Waals surface area contributed by atoms with Gasteiger partial charge in [-0.15, -0.1) is 0 Å². The minimum Gasteiger partial charge on any atom is -0.341 e.